The molecular weight excluding hydrogens is 237 g/mol. The second kappa shape index (κ2) is 5.05. The molecule has 6 heteroatoms. The summed E-state index contributed by atoms with van der Waals surface area (Å²) in [5.74, 6) is -2.73. The predicted molar refractivity (Wildman–Crippen MR) is 63.7 cm³/mol. The second-order valence-corrected chi connectivity index (χ2v) is 3.87. The van der Waals surface area contributed by atoms with Gasteiger partial charge >= 0.3 is 0 Å². The largest absolute Gasteiger partial charge is 0.313 e. The Morgan fingerprint density at radius 1 is 1.39 bits per heavy atom. The first-order valence-corrected chi connectivity index (χ1v) is 5.44. The molecule has 2 rings (SSSR count). The lowest BCUT2D eigenvalue weighted by atomic mass is 9.95. The Bertz CT molecular complexity index is 528. The Labute approximate surface area is 103 Å². The number of halogens is 1. The third kappa shape index (κ3) is 2.28. The van der Waals surface area contributed by atoms with Crippen LogP contribution in [0.3, 0.4) is 0 Å². The molecule has 0 saturated carbocycles. The molecule has 2 amide bonds. The van der Waals surface area contributed by atoms with Gasteiger partial charge in [-0.1, -0.05) is 18.2 Å². The number of amidine groups is 1. The lowest BCUT2D eigenvalue weighted by molar-refractivity contribution is -0.129. The van der Waals surface area contributed by atoms with E-state index in [4.69, 9.17) is 0 Å². The summed E-state index contributed by atoms with van der Waals surface area (Å²) >= 11 is 0. The van der Waals surface area contributed by atoms with Gasteiger partial charge in [0.2, 0.25) is 5.91 Å². The molecule has 1 atom stereocenters. The first-order chi connectivity index (χ1) is 8.63. The van der Waals surface area contributed by atoms with E-state index in [2.05, 4.69) is 15.6 Å². The summed E-state index contributed by atoms with van der Waals surface area (Å²) in [6, 6.07) is 5.70. The third-order valence-electron chi connectivity index (χ3n) is 2.58. The summed E-state index contributed by atoms with van der Waals surface area (Å²) < 4.78 is 13.6. The molecule has 0 aromatic heterocycles. The first kappa shape index (κ1) is 12.4. The highest BCUT2D eigenvalue weighted by molar-refractivity contribution is 6.19. The summed E-state index contributed by atoms with van der Waals surface area (Å²) in [6.07, 6.45) is 0. The number of hydrogen-bond donors (Lipinski definition) is 2. The number of benzene rings is 1. The Morgan fingerprint density at radius 2 is 2.11 bits per heavy atom. The highest BCUT2D eigenvalue weighted by Crippen LogP contribution is 2.22. The Hall–Kier alpha value is -2.08. The van der Waals surface area contributed by atoms with Crippen molar-refractivity contribution in [2.24, 2.45) is 4.99 Å². The molecule has 1 aliphatic rings. The molecule has 1 heterocycles. The smallest absolute Gasteiger partial charge is 0.264 e. The van der Waals surface area contributed by atoms with Crippen LogP contribution in [0, 0.1) is 5.82 Å². The maximum atomic E-state index is 13.6. The van der Waals surface area contributed by atoms with Gasteiger partial charge in [0.05, 0.1) is 6.54 Å². The van der Waals surface area contributed by atoms with Crippen molar-refractivity contribution in [3.05, 3.63) is 35.6 Å². The molecule has 1 aliphatic heterocycles. The van der Waals surface area contributed by atoms with E-state index in [9.17, 15) is 14.0 Å². The number of nitrogens with zero attached hydrogens (tertiary/aromatic N) is 1. The molecule has 0 bridgehead atoms. The van der Waals surface area contributed by atoms with E-state index in [1.807, 2.05) is 0 Å². The van der Waals surface area contributed by atoms with Crippen molar-refractivity contribution in [3.63, 3.8) is 0 Å². The van der Waals surface area contributed by atoms with Gasteiger partial charge in [0, 0.05) is 5.56 Å². The van der Waals surface area contributed by atoms with Gasteiger partial charge in [-0.3, -0.25) is 9.59 Å². The predicted octanol–water partition coefficient (Wildman–Crippen LogP) is 0.184. The molecule has 0 radical (unpaired) electrons. The van der Waals surface area contributed by atoms with Crippen LogP contribution in [0.15, 0.2) is 29.3 Å². The molecule has 0 spiro atoms. The minimum atomic E-state index is -1.20. The minimum absolute atomic E-state index is 0.0484. The molecule has 1 aromatic carbocycles. The van der Waals surface area contributed by atoms with Crippen molar-refractivity contribution in [3.8, 4) is 0 Å². The third-order valence-corrected chi connectivity index (χ3v) is 2.58. The lowest BCUT2D eigenvalue weighted by Crippen LogP contribution is -2.46. The zero-order chi connectivity index (χ0) is 13.1. The van der Waals surface area contributed by atoms with E-state index in [1.54, 1.807) is 13.1 Å². The van der Waals surface area contributed by atoms with Crippen LogP contribution >= 0.6 is 0 Å². The van der Waals surface area contributed by atoms with Crippen LogP contribution in [-0.4, -0.2) is 31.2 Å². The van der Waals surface area contributed by atoms with Crippen LogP contribution in [0.4, 0.5) is 4.39 Å². The van der Waals surface area contributed by atoms with Crippen molar-refractivity contribution in [2.75, 3.05) is 13.6 Å². The molecule has 1 aromatic rings. The standard InChI is InChI=1S/C12H12FN3O2/c1-14-6-9-15-11(17)10(12(18)16-9)7-4-2-3-5-8(7)13/h2-5,10,14H,6H2,1H3,(H,15,16,17,18). The zero-order valence-corrected chi connectivity index (χ0v) is 9.74. The number of carbonyl (C=O) groups excluding carboxylic acids is 2. The fraction of sp³-hybridized carbons (Fsp3) is 0.250. The number of nitrogens with one attached hydrogen (secondary N) is 2. The number of carbonyl (C=O) groups is 2. The highest BCUT2D eigenvalue weighted by atomic mass is 19.1. The van der Waals surface area contributed by atoms with Gasteiger partial charge < -0.3 is 10.6 Å². The van der Waals surface area contributed by atoms with Crippen molar-refractivity contribution in [2.45, 2.75) is 5.92 Å². The topological polar surface area (TPSA) is 70.6 Å². The van der Waals surface area contributed by atoms with Crippen LogP contribution in [0.2, 0.25) is 0 Å². The van der Waals surface area contributed by atoms with Crippen LogP contribution in [0.1, 0.15) is 11.5 Å². The fourth-order valence-electron chi connectivity index (χ4n) is 1.79. The fourth-order valence-corrected chi connectivity index (χ4v) is 1.79. The average Bonchev–Trinajstić information content (AvgIpc) is 2.31. The van der Waals surface area contributed by atoms with Crippen LogP contribution in [0.25, 0.3) is 0 Å². The van der Waals surface area contributed by atoms with Gasteiger partial charge in [0.25, 0.3) is 5.91 Å². The van der Waals surface area contributed by atoms with Gasteiger partial charge in [0.1, 0.15) is 17.6 Å². The van der Waals surface area contributed by atoms with Gasteiger partial charge in [-0.05, 0) is 13.1 Å². The van der Waals surface area contributed by atoms with E-state index >= 15 is 0 Å². The van der Waals surface area contributed by atoms with Crippen molar-refractivity contribution >= 4 is 17.6 Å². The number of rotatable bonds is 3. The normalized spacial score (nSPS) is 19.4. The molecule has 18 heavy (non-hydrogen) atoms. The molecule has 5 nitrogen and oxygen atoms in total. The molecule has 0 saturated heterocycles. The van der Waals surface area contributed by atoms with E-state index in [0.717, 1.165) is 0 Å². The van der Waals surface area contributed by atoms with Gasteiger partial charge in [0.15, 0.2) is 0 Å². The average molecular weight is 249 g/mol. The summed E-state index contributed by atoms with van der Waals surface area (Å²) in [7, 11) is 1.67. The van der Waals surface area contributed by atoms with Crippen LogP contribution in [0.5, 0.6) is 0 Å². The maximum absolute atomic E-state index is 13.6. The number of hydrogen-bond acceptors (Lipinski definition) is 3. The monoisotopic (exact) mass is 249 g/mol. The Morgan fingerprint density at radius 3 is 2.72 bits per heavy atom. The SMILES string of the molecule is CNCC1=NC(=O)C(c2ccccc2F)C(=O)N1. The number of amides is 2. The zero-order valence-electron chi connectivity index (χ0n) is 9.74. The summed E-state index contributed by atoms with van der Waals surface area (Å²) in [6.45, 7) is 0.279. The van der Waals surface area contributed by atoms with Gasteiger partial charge in [-0.15, -0.1) is 0 Å². The number of aliphatic imine (C=N–C) groups is 1. The Kier molecular flexibility index (Phi) is 3.47. The van der Waals surface area contributed by atoms with Crippen molar-refractivity contribution in [1.82, 2.24) is 10.6 Å². The molecule has 2 N–H and O–H groups in total. The maximum Gasteiger partial charge on any atom is 0.264 e. The minimum Gasteiger partial charge on any atom is -0.313 e. The summed E-state index contributed by atoms with van der Waals surface area (Å²) in [5, 5.41) is 5.26. The van der Waals surface area contributed by atoms with Crippen LogP contribution < -0.4 is 10.6 Å². The van der Waals surface area contributed by atoms with Crippen molar-refractivity contribution in [1.29, 1.82) is 0 Å². The first-order valence-electron chi connectivity index (χ1n) is 5.44. The summed E-state index contributed by atoms with van der Waals surface area (Å²) in [4.78, 5) is 27.4. The molecular formula is C12H12FN3O2. The second-order valence-electron chi connectivity index (χ2n) is 3.87. The van der Waals surface area contributed by atoms with Gasteiger partial charge in [-0.25, -0.2) is 4.39 Å². The molecule has 1 unspecified atom stereocenters. The van der Waals surface area contributed by atoms with E-state index in [-0.39, 0.29) is 17.9 Å². The summed E-state index contributed by atoms with van der Waals surface area (Å²) in [5.41, 5.74) is 0.0484. The highest BCUT2D eigenvalue weighted by Gasteiger charge is 2.34. The van der Waals surface area contributed by atoms with E-state index in [0.29, 0.717) is 0 Å². The lowest BCUT2D eigenvalue weighted by Gasteiger charge is -2.20. The molecule has 0 aliphatic carbocycles. The number of likely N-dealkylation sites (N-methyl/N-ethyl adjacent to an activating group) is 1. The molecule has 0 fully saturated rings. The van der Waals surface area contributed by atoms with Gasteiger partial charge in [-0.2, -0.15) is 4.99 Å². The van der Waals surface area contributed by atoms with Crippen LogP contribution in [-0.2, 0) is 9.59 Å². The van der Waals surface area contributed by atoms with E-state index in [1.165, 1.54) is 18.2 Å². The molecule has 94 valence electrons. The quantitative estimate of drug-likeness (QED) is 0.751. The van der Waals surface area contributed by atoms with E-state index < -0.39 is 23.5 Å². The van der Waals surface area contributed by atoms with Crippen molar-refractivity contribution < 1.29 is 14.0 Å². The Balaban J connectivity index is 2.34.